The lowest BCUT2D eigenvalue weighted by Gasteiger charge is -2.17. The summed E-state index contributed by atoms with van der Waals surface area (Å²) in [6.07, 6.45) is 1.53. The molecule has 172 valence electrons. The topological polar surface area (TPSA) is 75.6 Å². The Labute approximate surface area is 193 Å². The van der Waals surface area contributed by atoms with Crippen LogP contribution in [-0.4, -0.2) is 30.7 Å². The fraction of sp³-hybridized carbons (Fsp3) is 0.217. The highest BCUT2D eigenvalue weighted by Crippen LogP contribution is 2.32. The summed E-state index contributed by atoms with van der Waals surface area (Å²) >= 11 is 6.21. The molecule has 2 heterocycles. The highest BCUT2D eigenvalue weighted by molar-refractivity contribution is 6.31. The number of amides is 1. The number of anilines is 2. The Hall–Kier alpha value is -3.43. The first-order chi connectivity index (χ1) is 15.9. The minimum Gasteiger partial charge on any atom is -0.487 e. The number of nitrogens with zero attached hydrogens (tertiary/aromatic N) is 2. The van der Waals surface area contributed by atoms with Gasteiger partial charge < -0.3 is 19.9 Å². The molecule has 0 atom stereocenters. The molecule has 0 saturated carbocycles. The molecule has 0 fully saturated rings. The van der Waals surface area contributed by atoms with Gasteiger partial charge in [0.25, 0.3) is 5.56 Å². The third kappa shape index (κ3) is 4.84. The second kappa shape index (κ2) is 9.60. The van der Waals surface area contributed by atoms with Gasteiger partial charge in [0, 0.05) is 17.8 Å². The molecule has 7 nitrogen and oxygen atoms in total. The predicted molar refractivity (Wildman–Crippen MR) is 122 cm³/mol. The summed E-state index contributed by atoms with van der Waals surface area (Å²) in [5.74, 6) is -1.40. The molecular formula is C23H21ClF2N4O3. The van der Waals surface area contributed by atoms with Crippen molar-refractivity contribution >= 4 is 28.9 Å². The zero-order chi connectivity index (χ0) is 23.5. The molecule has 1 aliphatic rings. The normalized spacial score (nSPS) is 12.4. The van der Waals surface area contributed by atoms with Gasteiger partial charge in [-0.1, -0.05) is 17.7 Å². The summed E-state index contributed by atoms with van der Waals surface area (Å²) in [4.78, 5) is 26.7. The molecule has 2 N–H and O–H groups in total. The van der Waals surface area contributed by atoms with Crippen molar-refractivity contribution in [1.82, 2.24) is 9.88 Å². The van der Waals surface area contributed by atoms with Crippen LogP contribution < -0.4 is 25.8 Å². The second-order valence-corrected chi connectivity index (χ2v) is 7.87. The van der Waals surface area contributed by atoms with Gasteiger partial charge in [0.2, 0.25) is 5.91 Å². The van der Waals surface area contributed by atoms with E-state index in [4.69, 9.17) is 16.3 Å². The molecular weight excluding hydrogens is 454 g/mol. The fourth-order valence-corrected chi connectivity index (χ4v) is 3.75. The van der Waals surface area contributed by atoms with Crippen LogP contribution in [-0.2, 0) is 17.9 Å². The van der Waals surface area contributed by atoms with Crippen molar-refractivity contribution in [2.24, 2.45) is 0 Å². The van der Waals surface area contributed by atoms with Gasteiger partial charge in [-0.3, -0.25) is 14.5 Å². The summed E-state index contributed by atoms with van der Waals surface area (Å²) < 4.78 is 33.8. The van der Waals surface area contributed by atoms with E-state index < -0.39 is 17.2 Å². The van der Waals surface area contributed by atoms with E-state index in [0.29, 0.717) is 6.67 Å². The van der Waals surface area contributed by atoms with E-state index in [2.05, 4.69) is 10.6 Å². The molecule has 1 aromatic heterocycles. The van der Waals surface area contributed by atoms with E-state index in [1.165, 1.54) is 22.9 Å². The maximum atomic E-state index is 13.8. The average Bonchev–Trinajstić information content (AvgIpc) is 3.21. The van der Waals surface area contributed by atoms with E-state index in [9.17, 15) is 18.4 Å². The third-order valence-corrected chi connectivity index (χ3v) is 5.58. The van der Waals surface area contributed by atoms with Gasteiger partial charge in [-0.15, -0.1) is 0 Å². The lowest BCUT2D eigenvalue weighted by Crippen LogP contribution is -2.36. The molecule has 0 saturated heterocycles. The Kier molecular flexibility index (Phi) is 6.62. The molecule has 33 heavy (non-hydrogen) atoms. The molecule has 0 aliphatic carbocycles. The monoisotopic (exact) mass is 474 g/mol. The number of ether oxygens (including phenoxy) is 1. The summed E-state index contributed by atoms with van der Waals surface area (Å²) in [5.41, 5.74) is 2.05. The minimum absolute atomic E-state index is 0.0693. The Balaban J connectivity index is 1.51. The van der Waals surface area contributed by atoms with Gasteiger partial charge in [0.1, 0.15) is 29.0 Å². The minimum atomic E-state index is -0.743. The van der Waals surface area contributed by atoms with E-state index in [1.54, 1.807) is 11.9 Å². The van der Waals surface area contributed by atoms with E-state index in [1.807, 2.05) is 18.2 Å². The van der Waals surface area contributed by atoms with Crippen LogP contribution in [0, 0.1) is 11.6 Å². The largest absolute Gasteiger partial charge is 0.487 e. The standard InChI is InChI=1S/C23H21ClF2N4O3/c1-27-10-21(31)30-13-28-18-5-2-14(8-19(18)30)11-29-7-6-20(22(24)23(29)32)33-12-15-3-4-16(25)9-17(15)26/h2-9,27-28H,10-13H2,1H3. The van der Waals surface area contributed by atoms with E-state index >= 15 is 0 Å². The van der Waals surface area contributed by atoms with Crippen molar-refractivity contribution in [3.63, 3.8) is 0 Å². The van der Waals surface area contributed by atoms with Crippen LogP contribution in [0.1, 0.15) is 11.1 Å². The van der Waals surface area contributed by atoms with Crippen molar-refractivity contribution in [3.8, 4) is 5.75 Å². The summed E-state index contributed by atoms with van der Waals surface area (Å²) in [7, 11) is 1.71. The Bertz CT molecular complexity index is 1260. The lowest BCUT2D eigenvalue weighted by atomic mass is 10.1. The van der Waals surface area contributed by atoms with Crippen LogP contribution in [0.3, 0.4) is 0 Å². The van der Waals surface area contributed by atoms with Crippen molar-refractivity contribution in [2.45, 2.75) is 13.2 Å². The molecule has 0 radical (unpaired) electrons. The number of benzene rings is 2. The third-order valence-electron chi connectivity index (χ3n) is 5.23. The number of aromatic nitrogens is 1. The number of hydrogen-bond donors (Lipinski definition) is 2. The first-order valence-electron chi connectivity index (χ1n) is 10.1. The zero-order valence-corrected chi connectivity index (χ0v) is 18.5. The van der Waals surface area contributed by atoms with Crippen LogP contribution in [0.5, 0.6) is 5.75 Å². The molecule has 0 bridgehead atoms. The van der Waals surface area contributed by atoms with Crippen molar-refractivity contribution in [3.05, 3.63) is 86.8 Å². The summed E-state index contributed by atoms with van der Waals surface area (Å²) in [6.45, 7) is 0.617. The van der Waals surface area contributed by atoms with E-state index in [-0.39, 0.29) is 41.9 Å². The van der Waals surface area contributed by atoms with Gasteiger partial charge >= 0.3 is 0 Å². The molecule has 0 spiro atoms. The predicted octanol–water partition coefficient (Wildman–Crippen LogP) is 3.34. The zero-order valence-electron chi connectivity index (χ0n) is 17.7. The first kappa shape index (κ1) is 22.8. The second-order valence-electron chi connectivity index (χ2n) is 7.49. The molecule has 0 unspecified atom stereocenters. The number of halogens is 3. The van der Waals surface area contributed by atoms with Crippen LogP contribution in [0.2, 0.25) is 5.02 Å². The van der Waals surface area contributed by atoms with Gasteiger partial charge in [-0.2, -0.15) is 0 Å². The Morgan fingerprint density at radius 3 is 2.79 bits per heavy atom. The lowest BCUT2D eigenvalue weighted by molar-refractivity contribution is -0.117. The molecule has 1 amide bonds. The number of carbonyl (C=O) groups excluding carboxylic acids is 1. The van der Waals surface area contributed by atoms with Gasteiger partial charge in [-0.05, 0) is 42.9 Å². The smallest absolute Gasteiger partial charge is 0.273 e. The van der Waals surface area contributed by atoms with Crippen LogP contribution in [0.25, 0.3) is 0 Å². The molecule has 2 aromatic carbocycles. The Morgan fingerprint density at radius 2 is 2.03 bits per heavy atom. The quantitative estimate of drug-likeness (QED) is 0.549. The molecule has 10 heteroatoms. The van der Waals surface area contributed by atoms with Gasteiger partial charge in [-0.25, -0.2) is 8.78 Å². The number of carbonyl (C=O) groups is 1. The number of fused-ring (bicyclic) bond motifs is 1. The van der Waals surface area contributed by atoms with Crippen LogP contribution >= 0.6 is 11.6 Å². The number of hydrogen-bond acceptors (Lipinski definition) is 5. The number of rotatable bonds is 7. The van der Waals surface area contributed by atoms with Crippen LogP contribution in [0.15, 0.2) is 53.5 Å². The summed E-state index contributed by atoms with van der Waals surface area (Å²) in [6, 6.07) is 10.2. The molecule has 4 rings (SSSR count). The van der Waals surface area contributed by atoms with E-state index in [0.717, 1.165) is 29.1 Å². The Morgan fingerprint density at radius 1 is 1.21 bits per heavy atom. The van der Waals surface area contributed by atoms with Crippen molar-refractivity contribution < 1.29 is 18.3 Å². The van der Waals surface area contributed by atoms with Crippen LogP contribution in [0.4, 0.5) is 20.2 Å². The molecule has 1 aliphatic heterocycles. The average molecular weight is 475 g/mol. The summed E-state index contributed by atoms with van der Waals surface area (Å²) in [5, 5.41) is 5.87. The highest BCUT2D eigenvalue weighted by atomic mass is 35.5. The maximum absolute atomic E-state index is 13.8. The van der Waals surface area contributed by atoms with Crippen molar-refractivity contribution in [2.75, 3.05) is 30.5 Å². The molecule has 3 aromatic rings. The van der Waals surface area contributed by atoms with Gasteiger partial charge in [0.05, 0.1) is 31.1 Å². The number of likely N-dealkylation sites (N-methyl/N-ethyl adjacent to an activating group) is 1. The van der Waals surface area contributed by atoms with Crippen molar-refractivity contribution in [1.29, 1.82) is 0 Å². The first-order valence-corrected chi connectivity index (χ1v) is 10.5. The maximum Gasteiger partial charge on any atom is 0.273 e. The van der Waals surface area contributed by atoms with Gasteiger partial charge in [0.15, 0.2) is 0 Å². The SMILES string of the molecule is CNCC(=O)N1CNc2ccc(Cn3ccc(OCc4ccc(F)cc4F)c(Cl)c3=O)cc21. The fourth-order valence-electron chi connectivity index (χ4n) is 3.52. The number of nitrogens with one attached hydrogen (secondary N) is 2. The number of pyridine rings is 1. The highest BCUT2D eigenvalue weighted by Gasteiger charge is 2.24.